The van der Waals surface area contributed by atoms with E-state index in [1.807, 2.05) is 0 Å². The van der Waals surface area contributed by atoms with Crippen molar-refractivity contribution < 1.29 is 18.7 Å². The number of aliphatic hydroxyl groups excluding tert-OH is 1. The zero-order valence-electron chi connectivity index (χ0n) is 9.22. The second kappa shape index (κ2) is 6.90. The Balaban J connectivity index is 2.59. The number of carbonyl (C=O) groups is 1. The van der Waals surface area contributed by atoms with E-state index in [0.717, 1.165) is 4.90 Å². The van der Waals surface area contributed by atoms with Crippen LogP contribution in [0.5, 0.6) is 0 Å². The Morgan fingerprint density at radius 3 is 2.76 bits per heavy atom. The summed E-state index contributed by atoms with van der Waals surface area (Å²) in [4.78, 5) is 16.6. The molecule has 94 valence electrons. The molecule has 0 fully saturated rings. The van der Waals surface area contributed by atoms with E-state index >= 15 is 0 Å². The van der Waals surface area contributed by atoms with Crippen molar-refractivity contribution in [3.05, 3.63) is 30.1 Å². The number of pyridine rings is 1. The van der Waals surface area contributed by atoms with Gasteiger partial charge in [0.1, 0.15) is 0 Å². The third-order valence-electron chi connectivity index (χ3n) is 2.14. The number of hydrogen-bond donors (Lipinski definition) is 1. The summed E-state index contributed by atoms with van der Waals surface area (Å²) in [5.74, 6) is -0.460. The van der Waals surface area contributed by atoms with Crippen LogP contribution < -0.4 is 0 Å². The molecule has 0 aromatic carbocycles. The Bertz CT molecular complexity index is 347. The van der Waals surface area contributed by atoms with Crippen LogP contribution in [0.25, 0.3) is 0 Å². The molecular formula is C11H14F2N2O2. The first-order valence-electron chi connectivity index (χ1n) is 5.20. The highest BCUT2D eigenvalue weighted by Crippen LogP contribution is 2.03. The molecule has 1 heterocycles. The molecule has 1 N–H and O–H groups in total. The molecule has 17 heavy (non-hydrogen) atoms. The van der Waals surface area contributed by atoms with Gasteiger partial charge in [-0.2, -0.15) is 0 Å². The van der Waals surface area contributed by atoms with Crippen LogP contribution in [0.2, 0.25) is 0 Å². The predicted octanol–water partition coefficient (Wildman–Crippen LogP) is 0.710. The summed E-state index contributed by atoms with van der Waals surface area (Å²) in [6, 6.07) is 5.08. The second-order valence-electron chi connectivity index (χ2n) is 3.45. The molecule has 0 aliphatic heterocycles. The number of aromatic nitrogens is 1. The molecule has 4 nitrogen and oxygen atoms in total. The average molecular weight is 244 g/mol. The van der Waals surface area contributed by atoms with Crippen molar-refractivity contribution in [3.8, 4) is 0 Å². The predicted molar refractivity (Wildman–Crippen MR) is 57.6 cm³/mol. The molecule has 0 aliphatic carbocycles. The van der Waals surface area contributed by atoms with Crippen molar-refractivity contribution >= 4 is 5.91 Å². The molecule has 0 atom stereocenters. The highest BCUT2D eigenvalue weighted by atomic mass is 19.3. The van der Waals surface area contributed by atoms with Gasteiger partial charge in [0.2, 0.25) is 5.91 Å². The van der Waals surface area contributed by atoms with Gasteiger partial charge in [-0.3, -0.25) is 9.78 Å². The summed E-state index contributed by atoms with van der Waals surface area (Å²) < 4.78 is 24.4. The van der Waals surface area contributed by atoms with E-state index in [2.05, 4.69) is 4.98 Å². The zero-order chi connectivity index (χ0) is 12.7. The van der Waals surface area contributed by atoms with Crippen molar-refractivity contribution in [3.63, 3.8) is 0 Å². The van der Waals surface area contributed by atoms with Crippen LogP contribution in [0.4, 0.5) is 8.78 Å². The Morgan fingerprint density at radius 1 is 1.47 bits per heavy atom. The molecule has 0 saturated heterocycles. The maximum Gasteiger partial charge on any atom is 0.255 e. The SMILES string of the molecule is O=C(Cc1ccccn1)N(CCO)CC(F)F. The molecule has 6 heteroatoms. The first-order valence-corrected chi connectivity index (χ1v) is 5.20. The second-order valence-corrected chi connectivity index (χ2v) is 3.45. The van der Waals surface area contributed by atoms with Crippen LogP contribution in [0.1, 0.15) is 5.69 Å². The van der Waals surface area contributed by atoms with Crippen molar-refractivity contribution in [2.24, 2.45) is 0 Å². The quantitative estimate of drug-likeness (QED) is 0.801. The molecule has 1 amide bonds. The van der Waals surface area contributed by atoms with E-state index in [9.17, 15) is 13.6 Å². The molecular weight excluding hydrogens is 230 g/mol. The fourth-order valence-electron chi connectivity index (χ4n) is 1.37. The minimum atomic E-state index is -2.60. The highest BCUT2D eigenvalue weighted by molar-refractivity contribution is 5.78. The molecule has 0 unspecified atom stereocenters. The molecule has 1 rings (SSSR count). The summed E-state index contributed by atoms with van der Waals surface area (Å²) in [5.41, 5.74) is 0.523. The third kappa shape index (κ3) is 4.86. The van der Waals surface area contributed by atoms with Gasteiger partial charge in [-0.05, 0) is 12.1 Å². The Hall–Kier alpha value is -1.56. The number of amides is 1. The van der Waals surface area contributed by atoms with Gasteiger partial charge in [-0.15, -0.1) is 0 Å². The van der Waals surface area contributed by atoms with Gasteiger partial charge in [-0.25, -0.2) is 8.78 Å². The van der Waals surface area contributed by atoms with Crippen LogP contribution in [0.3, 0.4) is 0 Å². The number of alkyl halides is 2. The summed E-state index contributed by atoms with van der Waals surface area (Å²) in [6.07, 6.45) is -1.10. The van der Waals surface area contributed by atoms with Crippen molar-refractivity contribution in [2.45, 2.75) is 12.8 Å². The summed E-state index contributed by atoms with van der Waals surface area (Å²) >= 11 is 0. The molecule has 0 saturated carbocycles. The fourth-order valence-corrected chi connectivity index (χ4v) is 1.37. The van der Waals surface area contributed by atoms with E-state index < -0.39 is 18.9 Å². The minimum Gasteiger partial charge on any atom is -0.395 e. The summed E-state index contributed by atoms with van der Waals surface area (Å²) in [7, 11) is 0. The molecule has 0 radical (unpaired) electrons. The average Bonchev–Trinajstić information content (AvgIpc) is 2.29. The lowest BCUT2D eigenvalue weighted by Crippen LogP contribution is -2.38. The van der Waals surface area contributed by atoms with Gasteiger partial charge in [0, 0.05) is 18.4 Å². The molecule has 0 bridgehead atoms. The monoisotopic (exact) mass is 244 g/mol. The lowest BCUT2D eigenvalue weighted by atomic mass is 10.2. The van der Waals surface area contributed by atoms with E-state index in [-0.39, 0.29) is 19.6 Å². The van der Waals surface area contributed by atoms with Crippen LogP contribution in [0.15, 0.2) is 24.4 Å². The smallest absolute Gasteiger partial charge is 0.255 e. The maximum absolute atomic E-state index is 12.2. The summed E-state index contributed by atoms with van der Waals surface area (Å²) in [5, 5.41) is 8.71. The van der Waals surface area contributed by atoms with Crippen LogP contribution in [0, 0.1) is 0 Å². The Kier molecular flexibility index (Phi) is 5.48. The van der Waals surface area contributed by atoms with Crippen LogP contribution >= 0.6 is 0 Å². The zero-order valence-corrected chi connectivity index (χ0v) is 9.22. The largest absolute Gasteiger partial charge is 0.395 e. The van der Waals surface area contributed by atoms with E-state index in [1.165, 1.54) is 6.20 Å². The Labute approximate surface area is 97.9 Å². The number of halogens is 2. The minimum absolute atomic E-state index is 0.0342. The van der Waals surface area contributed by atoms with Gasteiger partial charge >= 0.3 is 0 Å². The first kappa shape index (κ1) is 13.5. The number of rotatable bonds is 6. The van der Waals surface area contributed by atoms with Crippen LogP contribution in [-0.4, -0.2) is 47.0 Å². The van der Waals surface area contributed by atoms with Gasteiger partial charge in [0.05, 0.1) is 19.6 Å². The maximum atomic E-state index is 12.2. The number of aliphatic hydroxyl groups is 1. The van der Waals surface area contributed by atoms with Gasteiger partial charge in [0.15, 0.2) is 0 Å². The van der Waals surface area contributed by atoms with Crippen LogP contribution in [-0.2, 0) is 11.2 Å². The normalized spacial score (nSPS) is 10.6. The Morgan fingerprint density at radius 2 is 2.24 bits per heavy atom. The number of nitrogens with zero attached hydrogens (tertiary/aromatic N) is 2. The molecule has 0 spiro atoms. The molecule has 0 aliphatic rings. The lowest BCUT2D eigenvalue weighted by molar-refractivity contribution is -0.133. The molecule has 1 aromatic rings. The van der Waals surface area contributed by atoms with Gasteiger partial charge < -0.3 is 10.0 Å². The molecule has 1 aromatic heterocycles. The van der Waals surface area contributed by atoms with Crippen molar-refractivity contribution in [1.29, 1.82) is 0 Å². The van der Waals surface area contributed by atoms with Crippen molar-refractivity contribution in [1.82, 2.24) is 9.88 Å². The topological polar surface area (TPSA) is 53.4 Å². The third-order valence-corrected chi connectivity index (χ3v) is 2.14. The number of hydrogen-bond acceptors (Lipinski definition) is 3. The number of carbonyl (C=O) groups excluding carboxylic acids is 1. The van der Waals surface area contributed by atoms with Gasteiger partial charge in [-0.1, -0.05) is 6.07 Å². The van der Waals surface area contributed by atoms with E-state index in [4.69, 9.17) is 5.11 Å². The lowest BCUT2D eigenvalue weighted by Gasteiger charge is -2.21. The first-order chi connectivity index (χ1) is 8.13. The van der Waals surface area contributed by atoms with Gasteiger partial charge in [0.25, 0.3) is 6.43 Å². The highest BCUT2D eigenvalue weighted by Gasteiger charge is 2.18. The summed E-state index contributed by atoms with van der Waals surface area (Å²) in [6.45, 7) is -1.08. The fraction of sp³-hybridized carbons (Fsp3) is 0.455. The standard InChI is InChI=1S/C11H14F2N2O2/c12-10(13)8-15(5-6-16)11(17)7-9-3-1-2-4-14-9/h1-4,10,16H,5-8H2. The van der Waals surface area contributed by atoms with E-state index in [0.29, 0.717) is 5.69 Å². The van der Waals surface area contributed by atoms with Crippen molar-refractivity contribution in [2.75, 3.05) is 19.7 Å². The van der Waals surface area contributed by atoms with E-state index in [1.54, 1.807) is 18.2 Å².